The van der Waals surface area contributed by atoms with Gasteiger partial charge in [-0.2, -0.15) is 5.10 Å². The van der Waals surface area contributed by atoms with E-state index in [9.17, 15) is 0 Å². The second kappa shape index (κ2) is 7.41. The van der Waals surface area contributed by atoms with E-state index in [0.29, 0.717) is 24.5 Å². The molecule has 0 spiro atoms. The molecule has 4 nitrogen and oxygen atoms in total. The van der Waals surface area contributed by atoms with E-state index in [0.717, 1.165) is 18.8 Å². The molecular formula is C17H29N3O. The lowest BCUT2D eigenvalue weighted by atomic mass is 9.80. The average Bonchev–Trinajstić information content (AvgIpc) is 3.18. The molecule has 0 aliphatic heterocycles. The van der Waals surface area contributed by atoms with Crippen LogP contribution < -0.4 is 5.73 Å². The third-order valence-electron chi connectivity index (χ3n) is 5.31. The minimum Gasteiger partial charge on any atom is -0.375 e. The predicted molar refractivity (Wildman–Crippen MR) is 83.9 cm³/mol. The van der Waals surface area contributed by atoms with Crippen LogP contribution in [-0.2, 0) is 11.3 Å². The SMILES string of the molecule is NCC1CCCCC1COCc1ccn(C2CCCC2)n1. The summed E-state index contributed by atoms with van der Waals surface area (Å²) in [5.41, 5.74) is 6.95. The second-order valence-corrected chi connectivity index (χ2v) is 6.78. The van der Waals surface area contributed by atoms with Crippen molar-refractivity contribution in [3.8, 4) is 0 Å². The molecule has 2 atom stereocenters. The maximum Gasteiger partial charge on any atom is 0.0906 e. The van der Waals surface area contributed by atoms with Crippen LogP contribution in [0.1, 0.15) is 63.1 Å². The normalized spacial score (nSPS) is 27.3. The number of ether oxygens (including phenoxy) is 1. The molecule has 0 saturated heterocycles. The molecule has 2 saturated carbocycles. The summed E-state index contributed by atoms with van der Waals surface area (Å²) in [7, 11) is 0. The highest BCUT2D eigenvalue weighted by Gasteiger charge is 2.24. The van der Waals surface area contributed by atoms with E-state index in [2.05, 4.69) is 22.0 Å². The number of hydrogen-bond donors (Lipinski definition) is 1. The summed E-state index contributed by atoms with van der Waals surface area (Å²) in [6, 6.07) is 2.73. The van der Waals surface area contributed by atoms with Gasteiger partial charge in [0.2, 0.25) is 0 Å². The molecule has 2 aliphatic carbocycles. The summed E-state index contributed by atoms with van der Waals surface area (Å²) < 4.78 is 8.08. The predicted octanol–water partition coefficient (Wildman–Crippen LogP) is 3.28. The maximum atomic E-state index is 5.94. The van der Waals surface area contributed by atoms with Crippen LogP contribution in [0.15, 0.2) is 12.3 Å². The van der Waals surface area contributed by atoms with Crippen molar-refractivity contribution in [2.75, 3.05) is 13.2 Å². The van der Waals surface area contributed by atoms with Crippen LogP contribution in [0.3, 0.4) is 0 Å². The standard InChI is InChI=1S/C17H29N3O/c18-11-14-5-1-2-6-15(14)12-21-13-16-9-10-20(19-16)17-7-3-4-8-17/h9-10,14-15,17H,1-8,11-13,18H2. The van der Waals surface area contributed by atoms with Gasteiger partial charge in [-0.1, -0.05) is 25.7 Å². The summed E-state index contributed by atoms with van der Waals surface area (Å²) in [6.07, 6.45) is 12.6. The molecule has 0 aromatic carbocycles. The van der Waals surface area contributed by atoms with Crippen molar-refractivity contribution in [2.45, 2.75) is 64.0 Å². The molecule has 1 aromatic rings. The van der Waals surface area contributed by atoms with Crippen LogP contribution in [0.25, 0.3) is 0 Å². The molecule has 0 bridgehead atoms. The molecule has 0 amide bonds. The summed E-state index contributed by atoms with van der Waals surface area (Å²) in [6.45, 7) is 2.30. The summed E-state index contributed by atoms with van der Waals surface area (Å²) in [5.74, 6) is 1.32. The fourth-order valence-corrected chi connectivity index (χ4v) is 3.96. The maximum absolute atomic E-state index is 5.94. The highest BCUT2D eigenvalue weighted by molar-refractivity contribution is 4.98. The summed E-state index contributed by atoms with van der Waals surface area (Å²) >= 11 is 0. The van der Waals surface area contributed by atoms with E-state index in [-0.39, 0.29) is 0 Å². The van der Waals surface area contributed by atoms with Crippen LogP contribution in [0.4, 0.5) is 0 Å². The zero-order chi connectivity index (χ0) is 14.5. The van der Waals surface area contributed by atoms with E-state index in [1.807, 2.05) is 0 Å². The van der Waals surface area contributed by atoms with Gasteiger partial charge >= 0.3 is 0 Å². The molecular weight excluding hydrogens is 262 g/mol. The van der Waals surface area contributed by atoms with Gasteiger partial charge < -0.3 is 10.5 Å². The Morgan fingerprint density at radius 2 is 1.81 bits per heavy atom. The highest BCUT2D eigenvalue weighted by atomic mass is 16.5. The topological polar surface area (TPSA) is 53.1 Å². The Morgan fingerprint density at radius 3 is 2.57 bits per heavy atom. The Morgan fingerprint density at radius 1 is 1.10 bits per heavy atom. The van der Waals surface area contributed by atoms with E-state index < -0.39 is 0 Å². The first-order valence-electron chi connectivity index (χ1n) is 8.68. The number of nitrogens with two attached hydrogens (primary N) is 1. The molecule has 2 fully saturated rings. The summed E-state index contributed by atoms with van der Waals surface area (Å²) in [4.78, 5) is 0. The Bertz CT molecular complexity index is 425. The molecule has 118 valence electrons. The monoisotopic (exact) mass is 291 g/mol. The van der Waals surface area contributed by atoms with Crippen LogP contribution in [0.5, 0.6) is 0 Å². The first-order chi connectivity index (χ1) is 10.4. The Kier molecular flexibility index (Phi) is 5.31. The Balaban J connectivity index is 1.44. The molecule has 0 radical (unpaired) electrons. The lowest BCUT2D eigenvalue weighted by Gasteiger charge is -2.30. The van der Waals surface area contributed by atoms with Crippen LogP contribution in [-0.4, -0.2) is 22.9 Å². The molecule has 1 heterocycles. The van der Waals surface area contributed by atoms with Crippen molar-refractivity contribution in [1.82, 2.24) is 9.78 Å². The summed E-state index contributed by atoms with van der Waals surface area (Å²) in [5, 5.41) is 4.68. The number of rotatable bonds is 6. The Hall–Kier alpha value is -0.870. The van der Waals surface area contributed by atoms with Gasteiger partial charge in [-0.25, -0.2) is 0 Å². The van der Waals surface area contributed by atoms with Crippen molar-refractivity contribution < 1.29 is 4.74 Å². The third-order valence-corrected chi connectivity index (χ3v) is 5.31. The van der Waals surface area contributed by atoms with Crippen molar-refractivity contribution in [1.29, 1.82) is 0 Å². The van der Waals surface area contributed by atoms with Gasteiger partial charge in [0, 0.05) is 6.20 Å². The number of nitrogens with zero attached hydrogens (tertiary/aromatic N) is 2. The lowest BCUT2D eigenvalue weighted by Crippen LogP contribution is -2.29. The van der Waals surface area contributed by atoms with Gasteiger partial charge in [-0.05, 0) is 50.1 Å². The molecule has 2 aliphatic rings. The van der Waals surface area contributed by atoms with Gasteiger partial charge in [0.1, 0.15) is 0 Å². The van der Waals surface area contributed by atoms with Crippen LogP contribution in [0, 0.1) is 11.8 Å². The van der Waals surface area contributed by atoms with Crippen molar-refractivity contribution >= 4 is 0 Å². The van der Waals surface area contributed by atoms with Gasteiger partial charge in [0.05, 0.1) is 24.9 Å². The second-order valence-electron chi connectivity index (χ2n) is 6.78. The first kappa shape index (κ1) is 15.0. The van der Waals surface area contributed by atoms with Crippen molar-refractivity contribution in [2.24, 2.45) is 17.6 Å². The van der Waals surface area contributed by atoms with Crippen LogP contribution >= 0.6 is 0 Å². The zero-order valence-electron chi connectivity index (χ0n) is 13.0. The van der Waals surface area contributed by atoms with Gasteiger partial charge in [0.25, 0.3) is 0 Å². The van der Waals surface area contributed by atoms with Gasteiger partial charge in [0.15, 0.2) is 0 Å². The highest BCUT2D eigenvalue weighted by Crippen LogP contribution is 2.30. The fraction of sp³-hybridized carbons (Fsp3) is 0.824. The van der Waals surface area contributed by atoms with E-state index in [1.165, 1.54) is 51.4 Å². The third kappa shape index (κ3) is 3.86. The average molecular weight is 291 g/mol. The lowest BCUT2D eigenvalue weighted by molar-refractivity contribution is 0.0494. The molecule has 2 N–H and O–H groups in total. The number of aromatic nitrogens is 2. The molecule has 2 unspecified atom stereocenters. The Labute approximate surface area is 128 Å². The van der Waals surface area contributed by atoms with E-state index in [4.69, 9.17) is 10.5 Å². The first-order valence-corrected chi connectivity index (χ1v) is 8.68. The minimum atomic E-state index is 0.624. The molecule has 3 rings (SSSR count). The molecule has 1 aromatic heterocycles. The van der Waals surface area contributed by atoms with Crippen molar-refractivity contribution in [3.63, 3.8) is 0 Å². The van der Waals surface area contributed by atoms with Crippen LogP contribution in [0.2, 0.25) is 0 Å². The molecule has 21 heavy (non-hydrogen) atoms. The molecule has 4 heteroatoms. The van der Waals surface area contributed by atoms with Gasteiger partial charge in [-0.15, -0.1) is 0 Å². The smallest absolute Gasteiger partial charge is 0.0906 e. The fourth-order valence-electron chi connectivity index (χ4n) is 3.96. The van der Waals surface area contributed by atoms with E-state index in [1.54, 1.807) is 0 Å². The minimum absolute atomic E-state index is 0.624. The zero-order valence-corrected chi connectivity index (χ0v) is 13.0. The largest absolute Gasteiger partial charge is 0.375 e. The van der Waals surface area contributed by atoms with E-state index >= 15 is 0 Å². The van der Waals surface area contributed by atoms with Crippen molar-refractivity contribution in [3.05, 3.63) is 18.0 Å². The number of hydrogen-bond acceptors (Lipinski definition) is 3. The van der Waals surface area contributed by atoms with Gasteiger partial charge in [-0.3, -0.25) is 4.68 Å². The quantitative estimate of drug-likeness (QED) is 0.875.